The second kappa shape index (κ2) is 11.7. The fourth-order valence-corrected chi connectivity index (χ4v) is 3.60. The molecule has 0 aromatic heterocycles. The van der Waals surface area contributed by atoms with Crippen molar-refractivity contribution in [3.63, 3.8) is 0 Å². The van der Waals surface area contributed by atoms with Crippen molar-refractivity contribution < 1.29 is 19.4 Å². The number of anilines is 3. The molecule has 0 radical (unpaired) electrons. The molecule has 0 bridgehead atoms. The number of hydrogen-bond donors (Lipinski definition) is 4. The van der Waals surface area contributed by atoms with E-state index in [4.69, 9.17) is 15.7 Å². The summed E-state index contributed by atoms with van der Waals surface area (Å²) in [4.78, 5) is 25.1. The average molecular weight is 535 g/mol. The lowest BCUT2D eigenvalue weighted by atomic mass is 9.96. The molecule has 0 heterocycles. The number of ether oxygens (including phenoxy) is 1. The van der Waals surface area contributed by atoms with E-state index in [1.807, 2.05) is 6.07 Å². The normalized spacial score (nSPS) is 12.4. The molecular weight excluding hydrogens is 512 g/mol. The van der Waals surface area contributed by atoms with Crippen LogP contribution in [-0.2, 0) is 9.53 Å². The number of carbonyl (C=O) groups excluding carboxylic acids is 2. The molecule has 2 amide bonds. The Morgan fingerprint density at radius 2 is 1.83 bits per heavy atom. The molecule has 35 heavy (non-hydrogen) atoms. The average Bonchev–Trinajstić information content (AvgIpc) is 2.84. The number of nitrogens with one attached hydrogen (secondary N) is 2. The molecule has 0 saturated heterocycles. The minimum Gasteiger partial charge on any atom is -0.508 e. The second-order valence-electron chi connectivity index (χ2n) is 7.64. The zero-order valence-corrected chi connectivity index (χ0v) is 20.3. The van der Waals surface area contributed by atoms with E-state index in [2.05, 4.69) is 26.6 Å². The van der Waals surface area contributed by atoms with Gasteiger partial charge in [-0.15, -0.1) is 0 Å². The highest BCUT2D eigenvalue weighted by molar-refractivity contribution is 9.10. The maximum absolute atomic E-state index is 12.7. The minimum atomic E-state index is -0.920. The Balaban J connectivity index is 1.78. The Bertz CT molecular complexity index is 1290. The van der Waals surface area contributed by atoms with Gasteiger partial charge in [0.1, 0.15) is 11.9 Å². The molecule has 0 fully saturated rings. The highest BCUT2D eigenvalue weighted by atomic mass is 79.9. The monoisotopic (exact) mass is 534 g/mol. The summed E-state index contributed by atoms with van der Waals surface area (Å²) in [6, 6.07) is 20.0. The fourth-order valence-electron chi connectivity index (χ4n) is 3.22. The van der Waals surface area contributed by atoms with Crippen molar-refractivity contribution in [2.45, 2.75) is 13.0 Å². The van der Waals surface area contributed by atoms with E-state index < -0.39 is 24.0 Å². The highest BCUT2D eigenvalue weighted by Gasteiger charge is 2.25. The molecule has 3 aromatic rings. The van der Waals surface area contributed by atoms with Gasteiger partial charge in [0.2, 0.25) is 5.91 Å². The molecular formula is C26H23BrN4O4. The van der Waals surface area contributed by atoms with E-state index in [1.165, 1.54) is 12.1 Å². The number of amides is 2. The first-order chi connectivity index (χ1) is 16.8. The van der Waals surface area contributed by atoms with E-state index in [9.17, 15) is 14.7 Å². The molecule has 178 valence electrons. The number of nitriles is 1. The van der Waals surface area contributed by atoms with E-state index in [-0.39, 0.29) is 5.75 Å². The summed E-state index contributed by atoms with van der Waals surface area (Å²) >= 11 is 3.37. The number of rotatable bonds is 7. The van der Waals surface area contributed by atoms with Crippen LogP contribution in [0.4, 0.5) is 21.9 Å². The summed E-state index contributed by atoms with van der Waals surface area (Å²) in [7, 11) is 0. The zero-order chi connectivity index (χ0) is 25.4. The van der Waals surface area contributed by atoms with Crippen molar-refractivity contribution in [1.29, 1.82) is 5.26 Å². The fraction of sp³-hybridized carbons (Fsp3) is 0.115. The molecule has 5 N–H and O–H groups in total. The number of carbonyl (C=O) groups is 2. The number of hydrogen-bond acceptors (Lipinski definition) is 6. The number of halogens is 1. The molecule has 9 heteroatoms. The van der Waals surface area contributed by atoms with Crippen LogP contribution in [-0.4, -0.2) is 17.1 Å². The van der Waals surface area contributed by atoms with Gasteiger partial charge in [-0.1, -0.05) is 41.1 Å². The van der Waals surface area contributed by atoms with Crippen LogP contribution in [0.1, 0.15) is 24.2 Å². The van der Waals surface area contributed by atoms with Crippen molar-refractivity contribution >= 4 is 45.0 Å². The first-order valence-corrected chi connectivity index (χ1v) is 11.4. The van der Waals surface area contributed by atoms with Crippen LogP contribution in [0.15, 0.2) is 83.4 Å². The molecule has 0 spiro atoms. The van der Waals surface area contributed by atoms with Gasteiger partial charge < -0.3 is 20.9 Å². The molecule has 2 atom stereocenters. The minimum absolute atomic E-state index is 0.0638. The molecule has 0 aliphatic rings. The van der Waals surface area contributed by atoms with Crippen LogP contribution in [0.2, 0.25) is 0 Å². The van der Waals surface area contributed by atoms with Crippen LogP contribution in [0.5, 0.6) is 5.75 Å². The van der Waals surface area contributed by atoms with Gasteiger partial charge >= 0.3 is 6.09 Å². The Morgan fingerprint density at radius 1 is 1.11 bits per heavy atom. The number of phenols is 1. The number of nitrogen functional groups attached to an aromatic ring is 1. The van der Waals surface area contributed by atoms with Crippen LogP contribution < -0.4 is 16.4 Å². The quantitative estimate of drug-likeness (QED) is 0.225. The van der Waals surface area contributed by atoms with E-state index in [1.54, 1.807) is 73.7 Å². The van der Waals surface area contributed by atoms with Crippen LogP contribution in [0.3, 0.4) is 0 Å². The van der Waals surface area contributed by atoms with E-state index in [0.29, 0.717) is 32.7 Å². The van der Waals surface area contributed by atoms with Gasteiger partial charge in [0.15, 0.2) is 0 Å². The van der Waals surface area contributed by atoms with Crippen molar-refractivity contribution in [2.75, 3.05) is 16.4 Å². The van der Waals surface area contributed by atoms with Gasteiger partial charge in [0.05, 0.1) is 23.0 Å². The second-order valence-corrected chi connectivity index (χ2v) is 8.55. The van der Waals surface area contributed by atoms with Crippen molar-refractivity contribution in [3.05, 3.63) is 94.5 Å². The largest absolute Gasteiger partial charge is 0.508 e. The predicted molar refractivity (Wildman–Crippen MR) is 138 cm³/mol. The Kier molecular flexibility index (Phi) is 8.48. The number of nitrogens with two attached hydrogens (primary N) is 1. The maximum atomic E-state index is 12.7. The number of nitrogens with zero attached hydrogens (tertiary/aromatic N) is 1. The Labute approximate surface area is 211 Å². The number of aromatic hydroxyl groups is 1. The van der Waals surface area contributed by atoms with Crippen LogP contribution >= 0.6 is 15.9 Å². The Morgan fingerprint density at radius 3 is 2.51 bits per heavy atom. The molecule has 0 unspecified atom stereocenters. The summed E-state index contributed by atoms with van der Waals surface area (Å²) in [5.74, 6) is -0.971. The third-order valence-corrected chi connectivity index (χ3v) is 5.53. The molecule has 8 nitrogen and oxygen atoms in total. The lowest BCUT2D eigenvalue weighted by Crippen LogP contribution is -2.21. The molecule has 0 aliphatic carbocycles. The van der Waals surface area contributed by atoms with Crippen LogP contribution in [0.25, 0.3) is 0 Å². The summed E-state index contributed by atoms with van der Waals surface area (Å²) in [6.07, 6.45) is 1.22. The van der Waals surface area contributed by atoms with E-state index in [0.717, 1.165) is 0 Å². The van der Waals surface area contributed by atoms with Gasteiger partial charge in [0, 0.05) is 21.6 Å². The first-order valence-electron chi connectivity index (χ1n) is 10.6. The van der Waals surface area contributed by atoms with Gasteiger partial charge in [-0.25, -0.2) is 4.79 Å². The van der Waals surface area contributed by atoms with Crippen molar-refractivity contribution in [1.82, 2.24) is 0 Å². The molecule has 0 saturated carbocycles. The molecule has 3 aromatic carbocycles. The van der Waals surface area contributed by atoms with Gasteiger partial charge in [0.25, 0.3) is 0 Å². The SMILES string of the molecule is C[C@@H](/C=C/C(=O)Nc1ccccc1N)[C@H](OC(=O)Nc1ccc(C#N)cc1)c1cc(Br)ccc1O. The smallest absolute Gasteiger partial charge is 0.412 e. The van der Waals surface area contributed by atoms with Crippen molar-refractivity contribution in [2.24, 2.45) is 5.92 Å². The number of phenolic OH excluding ortho intramolecular Hbond substituents is 1. The van der Waals surface area contributed by atoms with Crippen molar-refractivity contribution in [3.8, 4) is 11.8 Å². The zero-order valence-electron chi connectivity index (χ0n) is 18.7. The summed E-state index contributed by atoms with van der Waals surface area (Å²) < 4.78 is 6.35. The predicted octanol–water partition coefficient (Wildman–Crippen LogP) is 5.73. The molecule has 0 aliphatic heterocycles. The van der Waals surface area contributed by atoms with Gasteiger partial charge in [-0.3, -0.25) is 10.1 Å². The third-order valence-electron chi connectivity index (χ3n) is 5.04. The standard InChI is InChI=1S/C26H23BrN4O4/c1-16(6-13-24(33)31-22-5-3-2-4-21(22)29)25(20-14-18(27)9-12-23(20)32)35-26(34)30-19-10-7-17(15-28)8-11-19/h2-14,16,25,32H,29H2,1H3,(H,30,34)(H,31,33)/b13-6+/t16-,25-/m0/s1. The van der Waals surface area contributed by atoms with Gasteiger partial charge in [-0.05, 0) is 60.7 Å². The van der Waals surface area contributed by atoms with Crippen LogP contribution in [0, 0.1) is 17.2 Å². The number of benzene rings is 3. The number of para-hydroxylation sites is 2. The lowest BCUT2D eigenvalue weighted by molar-refractivity contribution is -0.111. The third kappa shape index (κ3) is 7.09. The summed E-state index contributed by atoms with van der Waals surface area (Å²) in [6.45, 7) is 1.75. The topological polar surface area (TPSA) is 137 Å². The molecule has 3 rings (SSSR count). The summed E-state index contributed by atoms with van der Waals surface area (Å²) in [5.41, 5.74) is 8.03. The van der Waals surface area contributed by atoms with E-state index >= 15 is 0 Å². The highest BCUT2D eigenvalue weighted by Crippen LogP contribution is 2.35. The summed E-state index contributed by atoms with van der Waals surface area (Å²) in [5, 5.41) is 24.7. The van der Waals surface area contributed by atoms with Gasteiger partial charge in [-0.2, -0.15) is 5.26 Å². The Hall–Kier alpha value is -4.29. The maximum Gasteiger partial charge on any atom is 0.412 e. The first kappa shape index (κ1) is 25.3. The lowest BCUT2D eigenvalue weighted by Gasteiger charge is -2.23.